The number of rotatable bonds is 1. The van der Waals surface area contributed by atoms with Crippen LogP contribution in [0.1, 0.15) is 68.6 Å². The molecule has 0 bridgehead atoms. The molecule has 2 aliphatic carbocycles. The summed E-state index contributed by atoms with van der Waals surface area (Å²) in [6.07, 6.45) is 7.53. The van der Waals surface area contributed by atoms with Gasteiger partial charge in [-0.3, -0.25) is 0 Å². The van der Waals surface area contributed by atoms with E-state index in [1.807, 2.05) is 12.1 Å². The van der Waals surface area contributed by atoms with Crippen molar-refractivity contribution in [3.8, 4) is 5.75 Å². The quantitative estimate of drug-likeness (QED) is 0.757. The lowest BCUT2D eigenvalue weighted by atomic mass is 9.76. The van der Waals surface area contributed by atoms with Gasteiger partial charge < -0.3 is 9.52 Å². The second-order valence-corrected chi connectivity index (χ2v) is 7.98. The summed E-state index contributed by atoms with van der Waals surface area (Å²) in [5.41, 5.74) is 3.27. The molecule has 24 heavy (non-hydrogen) atoms. The van der Waals surface area contributed by atoms with Crippen LogP contribution in [0.25, 0.3) is 11.0 Å². The second-order valence-electron chi connectivity index (χ2n) is 7.98. The van der Waals surface area contributed by atoms with E-state index < -0.39 is 0 Å². The minimum Gasteiger partial charge on any atom is -0.507 e. The Bertz CT molecular complexity index is 833. The van der Waals surface area contributed by atoms with Crippen LogP contribution in [-0.4, -0.2) is 5.11 Å². The summed E-state index contributed by atoms with van der Waals surface area (Å²) in [7, 11) is 0. The van der Waals surface area contributed by atoms with Crippen LogP contribution in [0, 0.1) is 11.8 Å². The van der Waals surface area contributed by atoms with Gasteiger partial charge in [-0.1, -0.05) is 33.1 Å². The van der Waals surface area contributed by atoms with E-state index >= 15 is 0 Å². The fraction of sp³-hybridized carbons (Fsp3) is 0.571. The molecule has 0 saturated heterocycles. The van der Waals surface area contributed by atoms with E-state index in [0.717, 1.165) is 47.8 Å². The molecule has 1 N–H and O–H groups in total. The van der Waals surface area contributed by atoms with Gasteiger partial charge in [-0.2, -0.15) is 0 Å². The van der Waals surface area contributed by atoms with E-state index in [1.165, 1.54) is 19.3 Å². The second kappa shape index (κ2) is 5.94. The average molecular weight is 326 g/mol. The van der Waals surface area contributed by atoms with E-state index in [4.69, 9.17) is 4.42 Å². The zero-order valence-electron chi connectivity index (χ0n) is 14.6. The Morgan fingerprint density at radius 2 is 1.88 bits per heavy atom. The smallest absolute Gasteiger partial charge is 0.339 e. The third-order valence-electron chi connectivity index (χ3n) is 6.20. The summed E-state index contributed by atoms with van der Waals surface area (Å²) in [5.74, 6) is 1.89. The number of aromatic hydroxyl groups is 1. The molecule has 128 valence electrons. The highest BCUT2D eigenvalue weighted by Gasteiger charge is 2.27. The van der Waals surface area contributed by atoms with E-state index in [2.05, 4.69) is 13.8 Å². The highest BCUT2D eigenvalue weighted by molar-refractivity contribution is 5.88. The van der Waals surface area contributed by atoms with Crippen LogP contribution >= 0.6 is 0 Å². The molecule has 3 nitrogen and oxygen atoms in total. The lowest BCUT2D eigenvalue weighted by Gasteiger charge is -2.29. The number of hydrogen-bond acceptors (Lipinski definition) is 3. The van der Waals surface area contributed by atoms with Crippen LogP contribution in [0.5, 0.6) is 5.75 Å². The number of hydrogen-bond donors (Lipinski definition) is 1. The van der Waals surface area contributed by atoms with Crippen molar-refractivity contribution >= 4 is 11.0 Å². The van der Waals surface area contributed by atoms with E-state index in [0.29, 0.717) is 23.3 Å². The van der Waals surface area contributed by atoms with Crippen molar-refractivity contribution in [2.45, 2.75) is 64.7 Å². The molecular weight excluding hydrogens is 300 g/mol. The van der Waals surface area contributed by atoms with Crippen molar-refractivity contribution in [1.29, 1.82) is 0 Å². The van der Waals surface area contributed by atoms with Gasteiger partial charge in [0.25, 0.3) is 0 Å². The van der Waals surface area contributed by atoms with Gasteiger partial charge in [0.05, 0.1) is 5.39 Å². The highest BCUT2D eigenvalue weighted by Crippen LogP contribution is 2.42. The minimum absolute atomic E-state index is 0.211. The molecule has 2 aromatic rings. The van der Waals surface area contributed by atoms with Gasteiger partial charge in [0.2, 0.25) is 0 Å². The highest BCUT2D eigenvalue weighted by atomic mass is 16.4. The van der Waals surface area contributed by atoms with Gasteiger partial charge in [0.15, 0.2) is 0 Å². The Kier molecular flexibility index (Phi) is 3.90. The minimum atomic E-state index is -0.211. The van der Waals surface area contributed by atoms with Crippen molar-refractivity contribution in [2.24, 2.45) is 11.8 Å². The molecule has 0 amide bonds. The summed E-state index contributed by atoms with van der Waals surface area (Å²) in [4.78, 5) is 12.4. The molecule has 0 aliphatic heterocycles. The van der Waals surface area contributed by atoms with E-state index in [-0.39, 0.29) is 11.4 Å². The number of fused-ring (bicyclic) bond motifs is 3. The fourth-order valence-corrected chi connectivity index (χ4v) is 4.79. The summed E-state index contributed by atoms with van der Waals surface area (Å²) >= 11 is 0. The Morgan fingerprint density at radius 1 is 1.08 bits per heavy atom. The lowest BCUT2D eigenvalue weighted by molar-refractivity contribution is 0.329. The first-order valence-corrected chi connectivity index (χ1v) is 9.36. The van der Waals surface area contributed by atoms with Crippen molar-refractivity contribution in [3.05, 3.63) is 39.2 Å². The molecule has 1 heterocycles. The maximum Gasteiger partial charge on any atom is 0.339 e. The van der Waals surface area contributed by atoms with Crippen molar-refractivity contribution < 1.29 is 9.52 Å². The Morgan fingerprint density at radius 3 is 2.67 bits per heavy atom. The van der Waals surface area contributed by atoms with Crippen LogP contribution in [-0.2, 0) is 12.8 Å². The normalized spacial score (nSPS) is 27.2. The predicted molar refractivity (Wildman–Crippen MR) is 95.7 cm³/mol. The standard InChI is InChI=1S/C21H26O3/c1-12-7-8-16-17(9-12)20-18(22)10-14(11-19(20)24-21(16)23)15-6-4-3-5-13(15)2/h10-13,15,22H,3-9H2,1-2H3. The molecule has 3 atom stereocenters. The van der Waals surface area contributed by atoms with Gasteiger partial charge >= 0.3 is 5.63 Å². The summed E-state index contributed by atoms with van der Waals surface area (Å²) in [5, 5.41) is 11.5. The third kappa shape index (κ3) is 2.54. The third-order valence-corrected chi connectivity index (χ3v) is 6.20. The molecule has 3 unspecified atom stereocenters. The zero-order valence-corrected chi connectivity index (χ0v) is 14.6. The first-order chi connectivity index (χ1) is 11.5. The molecule has 1 aromatic heterocycles. The van der Waals surface area contributed by atoms with Crippen molar-refractivity contribution in [3.63, 3.8) is 0 Å². The van der Waals surface area contributed by atoms with Crippen LogP contribution in [0.2, 0.25) is 0 Å². The first kappa shape index (κ1) is 15.7. The molecule has 1 fully saturated rings. The fourth-order valence-electron chi connectivity index (χ4n) is 4.79. The Labute approximate surface area is 142 Å². The van der Waals surface area contributed by atoms with Crippen molar-refractivity contribution in [2.75, 3.05) is 0 Å². The Balaban J connectivity index is 1.89. The number of benzene rings is 1. The maximum absolute atomic E-state index is 12.4. The van der Waals surface area contributed by atoms with Crippen LogP contribution in [0.3, 0.4) is 0 Å². The SMILES string of the molecule is CC1CCc2c(c3c(O)cc(C4CCCCC4C)cc3oc2=O)C1. The summed E-state index contributed by atoms with van der Waals surface area (Å²) in [6.45, 7) is 4.49. The van der Waals surface area contributed by atoms with Gasteiger partial charge in [-0.05, 0) is 66.7 Å². The predicted octanol–water partition coefficient (Wildman–Crippen LogP) is 4.92. The van der Waals surface area contributed by atoms with Gasteiger partial charge in [-0.25, -0.2) is 4.79 Å². The van der Waals surface area contributed by atoms with E-state index in [9.17, 15) is 9.90 Å². The maximum atomic E-state index is 12.4. The Hall–Kier alpha value is -1.77. The zero-order chi connectivity index (χ0) is 16.8. The first-order valence-electron chi connectivity index (χ1n) is 9.36. The number of phenols is 1. The van der Waals surface area contributed by atoms with Gasteiger partial charge in [0.1, 0.15) is 11.3 Å². The van der Waals surface area contributed by atoms with Gasteiger partial charge in [-0.15, -0.1) is 0 Å². The summed E-state index contributed by atoms with van der Waals surface area (Å²) < 4.78 is 5.63. The van der Waals surface area contributed by atoms with Crippen molar-refractivity contribution in [1.82, 2.24) is 0 Å². The summed E-state index contributed by atoms with van der Waals surface area (Å²) in [6, 6.07) is 3.94. The van der Waals surface area contributed by atoms with Crippen LogP contribution in [0.15, 0.2) is 21.3 Å². The van der Waals surface area contributed by atoms with Crippen LogP contribution in [0.4, 0.5) is 0 Å². The molecule has 3 heteroatoms. The monoisotopic (exact) mass is 326 g/mol. The molecule has 1 saturated carbocycles. The number of phenolic OH excluding ortho intramolecular Hbond substituents is 1. The molecule has 0 spiro atoms. The topological polar surface area (TPSA) is 50.4 Å². The van der Waals surface area contributed by atoms with Crippen LogP contribution < -0.4 is 5.63 Å². The molecule has 1 aromatic carbocycles. The molecule has 4 rings (SSSR count). The van der Waals surface area contributed by atoms with E-state index in [1.54, 1.807) is 0 Å². The molecule has 2 aliphatic rings. The lowest BCUT2D eigenvalue weighted by Crippen LogP contribution is -2.20. The molecule has 0 radical (unpaired) electrons. The molecular formula is C21H26O3. The largest absolute Gasteiger partial charge is 0.507 e. The van der Waals surface area contributed by atoms with Gasteiger partial charge in [0, 0.05) is 5.56 Å². The average Bonchev–Trinajstić information content (AvgIpc) is 2.54.